The Hall–Kier alpha value is -3.39. The van der Waals surface area contributed by atoms with Gasteiger partial charge in [-0.25, -0.2) is 10.2 Å². The lowest BCUT2D eigenvalue weighted by Gasteiger charge is -2.09. The lowest BCUT2D eigenvalue weighted by Crippen LogP contribution is -2.18. The number of rotatable bonds is 7. The Morgan fingerprint density at radius 2 is 1.83 bits per heavy atom. The van der Waals surface area contributed by atoms with E-state index in [1.165, 1.54) is 13.3 Å². The van der Waals surface area contributed by atoms with Crippen LogP contribution in [0.2, 0.25) is 0 Å². The molecule has 0 radical (unpaired) electrons. The smallest absolute Gasteiger partial charge is 0.341 e. The quantitative estimate of drug-likeness (QED) is 0.415. The molecule has 0 bridgehead atoms. The number of nitrogens with zero attached hydrogens (tertiary/aromatic N) is 1. The third-order valence-electron chi connectivity index (χ3n) is 4.01. The third-order valence-corrected chi connectivity index (χ3v) is 4.50. The zero-order chi connectivity index (χ0) is 20.8. The second-order valence-electron chi connectivity index (χ2n) is 5.96. The van der Waals surface area contributed by atoms with Crippen LogP contribution in [0.25, 0.3) is 10.8 Å². The molecule has 7 nitrogen and oxygen atoms in total. The molecule has 3 aromatic carbocycles. The van der Waals surface area contributed by atoms with E-state index >= 15 is 0 Å². The number of methoxy groups -OCH3 is 1. The molecule has 0 atom stereocenters. The van der Waals surface area contributed by atoms with Crippen LogP contribution in [0.4, 0.5) is 0 Å². The van der Waals surface area contributed by atoms with Crippen molar-refractivity contribution in [3.8, 4) is 11.5 Å². The maximum absolute atomic E-state index is 12.6. The first-order chi connectivity index (χ1) is 14.0. The summed E-state index contributed by atoms with van der Waals surface area (Å²) in [6.45, 7) is -0.483. The first-order valence-electron chi connectivity index (χ1n) is 8.52. The number of carboxylic acid groups (broad SMARTS) is 1. The van der Waals surface area contributed by atoms with Gasteiger partial charge in [0, 0.05) is 10.0 Å². The van der Waals surface area contributed by atoms with Crippen molar-refractivity contribution in [3.05, 3.63) is 70.2 Å². The van der Waals surface area contributed by atoms with E-state index in [2.05, 4.69) is 26.5 Å². The number of hydrogen-bond acceptors (Lipinski definition) is 5. The molecule has 0 fully saturated rings. The lowest BCUT2D eigenvalue weighted by atomic mass is 10.1. The fourth-order valence-electron chi connectivity index (χ4n) is 2.68. The number of aliphatic carboxylic acids is 1. The molecule has 2 N–H and O–H groups in total. The molecule has 1 amide bonds. The maximum Gasteiger partial charge on any atom is 0.341 e. The van der Waals surface area contributed by atoms with E-state index in [4.69, 9.17) is 14.6 Å². The predicted molar refractivity (Wildman–Crippen MR) is 113 cm³/mol. The van der Waals surface area contributed by atoms with E-state index in [9.17, 15) is 9.59 Å². The van der Waals surface area contributed by atoms with Gasteiger partial charge in [-0.15, -0.1) is 0 Å². The summed E-state index contributed by atoms with van der Waals surface area (Å²) in [6.07, 6.45) is 1.38. The molecule has 0 unspecified atom stereocenters. The van der Waals surface area contributed by atoms with Gasteiger partial charge in [0.2, 0.25) is 0 Å². The molecular weight excluding hydrogens is 440 g/mol. The number of carbonyl (C=O) groups is 2. The van der Waals surface area contributed by atoms with Crippen molar-refractivity contribution in [2.75, 3.05) is 13.7 Å². The van der Waals surface area contributed by atoms with Gasteiger partial charge in [-0.05, 0) is 41.1 Å². The number of ether oxygens (including phenoxy) is 2. The van der Waals surface area contributed by atoms with Crippen molar-refractivity contribution in [2.45, 2.75) is 0 Å². The monoisotopic (exact) mass is 456 g/mol. The first-order valence-corrected chi connectivity index (χ1v) is 9.31. The van der Waals surface area contributed by atoms with Gasteiger partial charge in [0.25, 0.3) is 5.91 Å². The normalized spacial score (nSPS) is 10.8. The highest BCUT2D eigenvalue weighted by Gasteiger charge is 2.13. The number of benzene rings is 3. The minimum absolute atomic E-state index is 0.330. The average Bonchev–Trinajstić information content (AvgIpc) is 2.71. The van der Waals surface area contributed by atoms with Gasteiger partial charge in [-0.2, -0.15) is 5.10 Å². The number of nitrogens with one attached hydrogen (secondary N) is 1. The topological polar surface area (TPSA) is 97.2 Å². The van der Waals surface area contributed by atoms with Crippen LogP contribution < -0.4 is 14.9 Å². The molecular formula is C21H17BrN2O5. The summed E-state index contributed by atoms with van der Waals surface area (Å²) < 4.78 is 11.3. The van der Waals surface area contributed by atoms with E-state index in [1.54, 1.807) is 30.3 Å². The van der Waals surface area contributed by atoms with Gasteiger partial charge in [0.05, 0.1) is 18.9 Å². The number of carboxylic acids is 1. The average molecular weight is 457 g/mol. The number of hydrogen-bond donors (Lipinski definition) is 2. The number of carbonyl (C=O) groups excluding carboxylic acids is 1. The molecule has 148 valence electrons. The van der Waals surface area contributed by atoms with E-state index in [1.807, 2.05) is 24.3 Å². The van der Waals surface area contributed by atoms with Crippen molar-refractivity contribution in [1.29, 1.82) is 0 Å². The zero-order valence-corrected chi connectivity index (χ0v) is 17.0. The summed E-state index contributed by atoms with van der Waals surface area (Å²) in [4.78, 5) is 23.3. The van der Waals surface area contributed by atoms with Crippen LogP contribution in [0.3, 0.4) is 0 Å². The molecule has 8 heteroatoms. The molecule has 0 aliphatic heterocycles. The number of fused-ring (bicyclic) bond motifs is 1. The molecule has 0 aliphatic carbocycles. The number of hydrazone groups is 1. The second kappa shape index (κ2) is 9.20. The van der Waals surface area contributed by atoms with Crippen molar-refractivity contribution < 1.29 is 24.2 Å². The number of amides is 1. The predicted octanol–water partition coefficient (Wildman–Crippen LogP) is 3.84. The van der Waals surface area contributed by atoms with Crippen LogP contribution in [-0.2, 0) is 4.79 Å². The van der Waals surface area contributed by atoms with Crippen LogP contribution in [0.5, 0.6) is 11.5 Å². The van der Waals surface area contributed by atoms with Gasteiger partial charge >= 0.3 is 5.97 Å². The minimum Gasteiger partial charge on any atom is -0.496 e. The van der Waals surface area contributed by atoms with E-state index < -0.39 is 18.5 Å². The van der Waals surface area contributed by atoms with E-state index in [-0.39, 0.29) is 0 Å². The van der Waals surface area contributed by atoms with Crippen molar-refractivity contribution in [2.24, 2.45) is 5.10 Å². The summed E-state index contributed by atoms with van der Waals surface area (Å²) in [7, 11) is 1.50. The van der Waals surface area contributed by atoms with Gasteiger partial charge in [0.15, 0.2) is 6.61 Å². The van der Waals surface area contributed by atoms with Gasteiger partial charge in [-0.3, -0.25) is 4.79 Å². The SMILES string of the molecule is COc1cc2ccccc2cc1C(=O)N/N=C\c1cc(Br)ccc1OCC(=O)O. The Kier molecular flexibility index (Phi) is 6.46. The Morgan fingerprint density at radius 1 is 1.10 bits per heavy atom. The fourth-order valence-corrected chi connectivity index (χ4v) is 3.06. The highest BCUT2D eigenvalue weighted by molar-refractivity contribution is 9.10. The first kappa shape index (κ1) is 20.3. The Labute approximate surface area is 175 Å². The number of halogens is 1. The summed E-state index contributed by atoms with van der Waals surface area (Å²) >= 11 is 3.34. The zero-order valence-electron chi connectivity index (χ0n) is 15.4. The third kappa shape index (κ3) is 5.11. The second-order valence-corrected chi connectivity index (χ2v) is 6.88. The molecule has 3 rings (SSSR count). The summed E-state index contributed by atoms with van der Waals surface area (Å²) in [5.74, 6) is -0.763. The molecule has 0 spiro atoms. The molecule has 0 saturated carbocycles. The van der Waals surface area contributed by atoms with Crippen molar-refractivity contribution >= 4 is 44.8 Å². The molecule has 3 aromatic rings. The van der Waals surface area contributed by atoms with Crippen LogP contribution in [0, 0.1) is 0 Å². The van der Waals surface area contributed by atoms with Crippen LogP contribution in [0.1, 0.15) is 15.9 Å². The largest absolute Gasteiger partial charge is 0.496 e. The fraction of sp³-hybridized carbons (Fsp3) is 0.0952. The highest BCUT2D eigenvalue weighted by atomic mass is 79.9. The minimum atomic E-state index is -1.09. The van der Waals surface area contributed by atoms with Gasteiger partial charge in [0.1, 0.15) is 11.5 Å². The van der Waals surface area contributed by atoms with Crippen molar-refractivity contribution in [3.63, 3.8) is 0 Å². The Balaban J connectivity index is 1.80. The Morgan fingerprint density at radius 3 is 2.52 bits per heavy atom. The van der Waals surface area contributed by atoms with Crippen LogP contribution in [-0.4, -0.2) is 36.9 Å². The molecule has 0 saturated heterocycles. The molecule has 0 aromatic heterocycles. The highest BCUT2D eigenvalue weighted by Crippen LogP contribution is 2.26. The van der Waals surface area contributed by atoms with E-state index in [0.717, 1.165) is 15.2 Å². The summed E-state index contributed by atoms with van der Waals surface area (Å²) in [6, 6.07) is 16.2. The van der Waals surface area contributed by atoms with Gasteiger partial charge in [-0.1, -0.05) is 40.2 Å². The van der Waals surface area contributed by atoms with Gasteiger partial charge < -0.3 is 14.6 Å². The van der Waals surface area contributed by atoms with Crippen LogP contribution in [0.15, 0.2) is 64.2 Å². The maximum atomic E-state index is 12.6. The standard InChI is InChI=1S/C21H17BrN2O5/c1-28-19-10-14-5-3-2-4-13(14)9-17(19)21(27)24-23-11-15-8-16(22)6-7-18(15)29-12-20(25)26/h2-11H,12H2,1H3,(H,24,27)(H,25,26)/b23-11-. The van der Waals surface area contributed by atoms with Crippen molar-refractivity contribution in [1.82, 2.24) is 5.43 Å². The van der Waals surface area contributed by atoms with Crippen LogP contribution >= 0.6 is 15.9 Å². The molecule has 0 heterocycles. The molecule has 29 heavy (non-hydrogen) atoms. The Bertz CT molecular complexity index is 1100. The summed E-state index contributed by atoms with van der Waals surface area (Å²) in [5.41, 5.74) is 3.31. The molecule has 0 aliphatic rings. The lowest BCUT2D eigenvalue weighted by molar-refractivity contribution is -0.139. The van der Waals surface area contributed by atoms with E-state index in [0.29, 0.717) is 22.6 Å². The summed E-state index contributed by atoms with van der Waals surface area (Å²) in [5, 5.41) is 14.6.